The third-order valence-electron chi connectivity index (χ3n) is 3.75. The van der Waals surface area contributed by atoms with Gasteiger partial charge in [0, 0.05) is 18.4 Å². The summed E-state index contributed by atoms with van der Waals surface area (Å²) in [6.45, 7) is 2.17. The second-order valence-electron chi connectivity index (χ2n) is 5.01. The number of carbonyl (C=O) groups is 1. The predicted molar refractivity (Wildman–Crippen MR) is 75.4 cm³/mol. The fourth-order valence-corrected chi connectivity index (χ4v) is 5.85. The molecule has 2 rings (SSSR count). The topological polar surface area (TPSA) is 26.3 Å². The average Bonchev–Trinajstić information content (AvgIpc) is 2.80. The van der Waals surface area contributed by atoms with Crippen LogP contribution in [0.5, 0.6) is 0 Å². The Labute approximate surface area is 113 Å². The molecule has 0 aromatic carbocycles. The molecule has 2 fully saturated rings. The van der Waals surface area contributed by atoms with Crippen LogP contribution in [0.2, 0.25) is 0 Å². The fourth-order valence-electron chi connectivity index (χ4n) is 2.83. The highest BCUT2D eigenvalue weighted by Crippen LogP contribution is 2.41. The number of rotatable bonds is 4. The van der Waals surface area contributed by atoms with Crippen molar-refractivity contribution >= 4 is 29.5 Å². The van der Waals surface area contributed by atoms with Crippen molar-refractivity contribution < 1.29 is 9.53 Å². The molecule has 98 valence electrons. The molecular weight excluding hydrogens is 252 g/mol. The van der Waals surface area contributed by atoms with E-state index in [1.807, 2.05) is 0 Å². The van der Waals surface area contributed by atoms with E-state index < -0.39 is 0 Å². The van der Waals surface area contributed by atoms with Crippen molar-refractivity contribution in [1.29, 1.82) is 0 Å². The van der Waals surface area contributed by atoms with Crippen LogP contribution in [0.25, 0.3) is 0 Å². The van der Waals surface area contributed by atoms with Gasteiger partial charge >= 0.3 is 5.97 Å². The molecule has 0 aromatic heterocycles. The first-order valence-corrected chi connectivity index (χ1v) is 8.72. The Morgan fingerprint density at radius 1 is 1.18 bits per heavy atom. The molecule has 0 spiro atoms. The van der Waals surface area contributed by atoms with Gasteiger partial charge in [0.2, 0.25) is 0 Å². The molecule has 2 unspecified atom stereocenters. The largest absolute Gasteiger partial charge is 0.466 e. The minimum absolute atomic E-state index is 0.126. The van der Waals surface area contributed by atoms with Crippen molar-refractivity contribution in [2.45, 2.75) is 43.6 Å². The summed E-state index contributed by atoms with van der Waals surface area (Å²) in [6, 6.07) is 0. The van der Waals surface area contributed by atoms with Crippen molar-refractivity contribution in [2.24, 2.45) is 11.8 Å². The molecule has 0 radical (unpaired) electrons. The fraction of sp³-hybridized carbons (Fsp3) is 0.923. The SMILES string of the molecule is CC(=O)OCC1CCCCC1CC1SCCS1. The van der Waals surface area contributed by atoms with Crippen molar-refractivity contribution in [2.75, 3.05) is 18.1 Å². The Hall–Kier alpha value is 0.170. The molecule has 2 nitrogen and oxygen atoms in total. The zero-order chi connectivity index (χ0) is 12.1. The van der Waals surface area contributed by atoms with Gasteiger partial charge in [0.25, 0.3) is 0 Å². The van der Waals surface area contributed by atoms with Crippen LogP contribution in [0.4, 0.5) is 0 Å². The third kappa shape index (κ3) is 4.40. The van der Waals surface area contributed by atoms with Gasteiger partial charge in [-0.15, -0.1) is 23.5 Å². The quantitative estimate of drug-likeness (QED) is 0.732. The van der Waals surface area contributed by atoms with Gasteiger partial charge in [-0.3, -0.25) is 4.79 Å². The zero-order valence-corrected chi connectivity index (χ0v) is 12.2. The average molecular weight is 274 g/mol. The predicted octanol–water partition coefficient (Wildman–Crippen LogP) is 3.55. The number of ether oxygens (including phenoxy) is 1. The summed E-state index contributed by atoms with van der Waals surface area (Å²) in [5.41, 5.74) is 0. The lowest BCUT2D eigenvalue weighted by molar-refractivity contribution is -0.143. The van der Waals surface area contributed by atoms with Crippen LogP contribution in [0.1, 0.15) is 39.0 Å². The summed E-state index contributed by atoms with van der Waals surface area (Å²) < 4.78 is 6.03. The maximum atomic E-state index is 10.9. The maximum Gasteiger partial charge on any atom is 0.302 e. The number of esters is 1. The Morgan fingerprint density at radius 2 is 1.82 bits per heavy atom. The second-order valence-corrected chi connectivity index (χ2v) is 7.93. The van der Waals surface area contributed by atoms with Gasteiger partial charge in [-0.25, -0.2) is 0 Å². The van der Waals surface area contributed by atoms with Gasteiger partial charge in [-0.1, -0.05) is 12.8 Å². The lowest BCUT2D eigenvalue weighted by Gasteiger charge is -2.32. The molecule has 2 atom stereocenters. The first kappa shape index (κ1) is 13.6. The van der Waals surface area contributed by atoms with Gasteiger partial charge in [0.05, 0.1) is 11.2 Å². The van der Waals surface area contributed by atoms with Crippen LogP contribution >= 0.6 is 23.5 Å². The molecule has 1 saturated carbocycles. The highest BCUT2D eigenvalue weighted by Gasteiger charge is 2.29. The van der Waals surface area contributed by atoms with Gasteiger partial charge in [0.1, 0.15) is 0 Å². The van der Waals surface area contributed by atoms with Gasteiger partial charge in [-0.2, -0.15) is 0 Å². The summed E-state index contributed by atoms with van der Waals surface area (Å²) in [7, 11) is 0. The Bertz CT molecular complexity index is 252. The number of thioether (sulfide) groups is 2. The van der Waals surface area contributed by atoms with Crippen LogP contribution in [-0.2, 0) is 9.53 Å². The van der Waals surface area contributed by atoms with E-state index in [1.165, 1.54) is 50.5 Å². The minimum atomic E-state index is -0.126. The molecule has 1 saturated heterocycles. The second kappa shape index (κ2) is 6.93. The molecule has 1 aliphatic heterocycles. The van der Waals surface area contributed by atoms with Crippen LogP contribution in [0.15, 0.2) is 0 Å². The maximum absolute atomic E-state index is 10.9. The van der Waals surface area contributed by atoms with Crippen LogP contribution in [0, 0.1) is 11.8 Å². The van der Waals surface area contributed by atoms with Crippen LogP contribution in [0.3, 0.4) is 0 Å². The molecular formula is C13H22O2S2. The number of hydrogen-bond donors (Lipinski definition) is 0. The molecule has 2 aliphatic rings. The highest BCUT2D eigenvalue weighted by molar-refractivity contribution is 8.20. The summed E-state index contributed by atoms with van der Waals surface area (Å²) in [4.78, 5) is 10.9. The Kier molecular flexibility index (Phi) is 5.54. The van der Waals surface area contributed by atoms with Crippen molar-refractivity contribution in [1.82, 2.24) is 0 Å². The molecule has 4 heteroatoms. The standard InChI is InChI=1S/C13H22O2S2/c1-10(14)15-9-12-5-3-2-4-11(12)8-13-16-6-7-17-13/h11-13H,2-9H2,1H3. The van der Waals surface area contributed by atoms with E-state index in [2.05, 4.69) is 23.5 Å². The molecule has 1 heterocycles. The van der Waals surface area contributed by atoms with E-state index in [4.69, 9.17) is 4.74 Å². The summed E-state index contributed by atoms with van der Waals surface area (Å²) in [5, 5.41) is 0. The van der Waals surface area contributed by atoms with Crippen molar-refractivity contribution in [3.05, 3.63) is 0 Å². The van der Waals surface area contributed by atoms with Crippen molar-refractivity contribution in [3.8, 4) is 0 Å². The molecule has 0 amide bonds. The van der Waals surface area contributed by atoms with Gasteiger partial charge < -0.3 is 4.74 Å². The zero-order valence-electron chi connectivity index (χ0n) is 10.5. The summed E-state index contributed by atoms with van der Waals surface area (Å²) in [5.74, 6) is 3.91. The lowest BCUT2D eigenvalue weighted by Crippen LogP contribution is -2.26. The monoisotopic (exact) mass is 274 g/mol. The van der Waals surface area contributed by atoms with E-state index >= 15 is 0 Å². The van der Waals surface area contributed by atoms with E-state index in [0.29, 0.717) is 12.5 Å². The van der Waals surface area contributed by atoms with Crippen LogP contribution in [-0.4, -0.2) is 28.7 Å². The summed E-state index contributed by atoms with van der Waals surface area (Å²) >= 11 is 4.24. The van der Waals surface area contributed by atoms with Gasteiger partial charge in [0.15, 0.2) is 0 Å². The van der Waals surface area contributed by atoms with Crippen LogP contribution < -0.4 is 0 Å². The molecule has 0 aromatic rings. The highest BCUT2D eigenvalue weighted by atomic mass is 32.2. The Balaban J connectivity index is 1.80. The van der Waals surface area contributed by atoms with Crippen molar-refractivity contribution in [3.63, 3.8) is 0 Å². The molecule has 17 heavy (non-hydrogen) atoms. The third-order valence-corrected chi connectivity index (χ3v) is 6.84. The van der Waals surface area contributed by atoms with E-state index in [0.717, 1.165) is 10.5 Å². The molecule has 1 aliphatic carbocycles. The number of hydrogen-bond acceptors (Lipinski definition) is 4. The molecule has 0 bridgehead atoms. The number of carbonyl (C=O) groups excluding carboxylic acids is 1. The van der Waals surface area contributed by atoms with Gasteiger partial charge in [-0.05, 0) is 31.1 Å². The van der Waals surface area contributed by atoms with E-state index in [-0.39, 0.29) is 5.97 Å². The van der Waals surface area contributed by atoms with E-state index in [1.54, 1.807) is 0 Å². The first-order valence-electron chi connectivity index (χ1n) is 6.62. The smallest absolute Gasteiger partial charge is 0.302 e. The lowest BCUT2D eigenvalue weighted by atomic mass is 9.78. The van der Waals surface area contributed by atoms with E-state index in [9.17, 15) is 4.79 Å². The summed E-state index contributed by atoms with van der Waals surface area (Å²) in [6.07, 6.45) is 6.58. The normalized spacial score (nSPS) is 30.4. The first-order chi connectivity index (χ1) is 8.25. The minimum Gasteiger partial charge on any atom is -0.466 e. The molecule has 0 N–H and O–H groups in total. The Morgan fingerprint density at radius 3 is 2.47 bits per heavy atom.